The molecule has 0 aromatic rings. The third-order valence-corrected chi connectivity index (χ3v) is 1.86. The molecular formula is C5H6Li4NO7P. The van der Waals surface area contributed by atoms with E-state index in [9.17, 15) is 34.2 Å². The van der Waals surface area contributed by atoms with Crippen LogP contribution in [0.15, 0.2) is 0 Å². The van der Waals surface area contributed by atoms with Crippen LogP contribution in [-0.4, -0.2) is 18.0 Å². The first-order chi connectivity index (χ1) is 6.22. The molecule has 0 aliphatic heterocycles. The van der Waals surface area contributed by atoms with Gasteiger partial charge in [-0.1, -0.05) is 0 Å². The number of hydrogen-bond donors (Lipinski definition) is 1. The number of rotatable bonds is 6. The zero-order valence-corrected chi connectivity index (χ0v) is 11.7. The number of carboxylic acids is 2. The maximum atomic E-state index is 10.2. The van der Waals surface area contributed by atoms with Crippen molar-refractivity contribution in [3.8, 4) is 0 Å². The average molecular weight is 251 g/mol. The Morgan fingerprint density at radius 3 is 1.67 bits per heavy atom. The Hall–Kier alpha value is 1.44. The summed E-state index contributed by atoms with van der Waals surface area (Å²) in [5.74, 6) is -3.41. The third-order valence-electron chi connectivity index (χ3n) is 1.24. The fourth-order valence-corrected chi connectivity index (χ4v) is 1.30. The van der Waals surface area contributed by atoms with Gasteiger partial charge in [0.15, 0.2) is 0 Å². The summed E-state index contributed by atoms with van der Waals surface area (Å²) in [5.41, 5.74) is 0. The van der Waals surface area contributed by atoms with Gasteiger partial charge in [-0.3, -0.25) is 5.09 Å². The maximum Gasteiger partial charge on any atom is 1.00 e. The van der Waals surface area contributed by atoms with Crippen molar-refractivity contribution in [1.29, 1.82) is 0 Å². The fourth-order valence-electron chi connectivity index (χ4n) is 0.688. The molecule has 13 heteroatoms. The second-order valence-electron chi connectivity index (χ2n) is 2.41. The summed E-state index contributed by atoms with van der Waals surface area (Å²) >= 11 is 0. The van der Waals surface area contributed by atoms with Crippen molar-refractivity contribution in [2.24, 2.45) is 0 Å². The Morgan fingerprint density at radius 2 is 1.44 bits per heavy atom. The molecule has 82 valence electrons. The smallest absolute Gasteiger partial charge is 0.799 e. The van der Waals surface area contributed by atoms with Gasteiger partial charge >= 0.3 is 75.4 Å². The first kappa shape index (κ1) is 31.7. The molecule has 18 heavy (non-hydrogen) atoms. The summed E-state index contributed by atoms with van der Waals surface area (Å²) in [5, 5.41) is 21.3. The van der Waals surface area contributed by atoms with E-state index in [0.29, 0.717) is 0 Å². The predicted molar refractivity (Wildman–Crippen MR) is 33.8 cm³/mol. The van der Waals surface area contributed by atoms with Gasteiger partial charge in [0.1, 0.15) is 0 Å². The van der Waals surface area contributed by atoms with Gasteiger partial charge < -0.3 is 34.2 Å². The topological polar surface area (TPSA) is 155 Å². The molecule has 0 saturated carbocycles. The third kappa shape index (κ3) is 19.8. The van der Waals surface area contributed by atoms with E-state index < -0.39 is 38.6 Å². The van der Waals surface area contributed by atoms with Gasteiger partial charge in [0.25, 0.3) is 0 Å². The zero-order chi connectivity index (χ0) is 11.4. The van der Waals surface area contributed by atoms with Crippen molar-refractivity contribution in [3.05, 3.63) is 0 Å². The minimum atomic E-state index is -5.22. The standard InChI is InChI=1S/C5H10NO7P.4Li/c7-4(8)2-1-3(5(9)10)6-14(11,12)13;;;;/h3H,1-2H2,(H,7,8)(H,9,10)(H3,6,11,12,13);;;;/q;4*+1/p-4/t3-;;;;/m0..../s1. The van der Waals surface area contributed by atoms with Crippen LogP contribution in [0.4, 0.5) is 0 Å². The number of carboxylic acid groups (broad SMARTS) is 2. The molecule has 0 spiro atoms. The van der Waals surface area contributed by atoms with E-state index in [4.69, 9.17) is 0 Å². The largest absolute Gasteiger partial charge is 1.00 e. The van der Waals surface area contributed by atoms with E-state index >= 15 is 0 Å². The summed E-state index contributed by atoms with van der Waals surface area (Å²) in [6.07, 6.45) is -1.29. The summed E-state index contributed by atoms with van der Waals surface area (Å²) in [6, 6.07) is -1.84. The molecule has 0 aromatic heterocycles. The number of carbonyl (C=O) groups excluding carboxylic acids is 2. The van der Waals surface area contributed by atoms with Gasteiger partial charge in [-0.05, 0) is 20.6 Å². The molecule has 8 nitrogen and oxygen atoms in total. The molecule has 0 heterocycles. The van der Waals surface area contributed by atoms with Crippen LogP contribution in [0.25, 0.3) is 0 Å². The summed E-state index contributed by atoms with van der Waals surface area (Å²) < 4.78 is 10.1. The molecule has 1 N–H and O–H groups in total. The van der Waals surface area contributed by atoms with E-state index in [1.165, 1.54) is 5.09 Å². The van der Waals surface area contributed by atoms with E-state index in [2.05, 4.69) is 0 Å². The number of nitrogens with one attached hydrogen (secondary N) is 1. The molecule has 0 aromatic carbocycles. The van der Waals surface area contributed by atoms with Crippen LogP contribution in [-0.2, 0) is 14.2 Å². The van der Waals surface area contributed by atoms with Crippen LogP contribution >= 0.6 is 7.75 Å². The van der Waals surface area contributed by atoms with Crippen molar-refractivity contribution in [3.63, 3.8) is 0 Å². The van der Waals surface area contributed by atoms with Crippen LogP contribution in [0.1, 0.15) is 12.8 Å². The number of carbonyl (C=O) groups is 2. The normalized spacial score (nSPS) is 10.6. The van der Waals surface area contributed by atoms with Crippen LogP contribution < -0.4 is 101 Å². The second-order valence-corrected chi connectivity index (χ2v) is 3.66. The average Bonchev–Trinajstić information content (AvgIpc) is 1.94. The molecule has 0 rings (SSSR count). The molecule has 0 saturated heterocycles. The summed E-state index contributed by atoms with van der Waals surface area (Å²) in [7, 11) is -5.22. The Morgan fingerprint density at radius 1 is 1.06 bits per heavy atom. The predicted octanol–water partition coefficient (Wildman–Crippen LogP) is -16.9. The van der Waals surface area contributed by atoms with Crippen LogP contribution in [0.2, 0.25) is 0 Å². The van der Waals surface area contributed by atoms with Crippen LogP contribution in [0.5, 0.6) is 0 Å². The minimum Gasteiger partial charge on any atom is -0.799 e. The molecule has 0 bridgehead atoms. The summed E-state index contributed by atoms with van der Waals surface area (Å²) in [6.45, 7) is 0. The first-order valence-electron chi connectivity index (χ1n) is 3.43. The van der Waals surface area contributed by atoms with E-state index in [0.717, 1.165) is 0 Å². The Bertz CT molecular complexity index is 285. The molecular weight excluding hydrogens is 245 g/mol. The van der Waals surface area contributed by atoms with Gasteiger partial charge in [0.2, 0.25) is 0 Å². The van der Waals surface area contributed by atoms with Crippen molar-refractivity contribution in [2.75, 3.05) is 0 Å². The van der Waals surface area contributed by atoms with Crippen molar-refractivity contribution in [1.82, 2.24) is 5.09 Å². The molecule has 0 unspecified atom stereocenters. The molecule has 0 radical (unpaired) electrons. The van der Waals surface area contributed by atoms with Gasteiger partial charge in [0, 0.05) is 5.97 Å². The van der Waals surface area contributed by atoms with E-state index in [1.807, 2.05) is 0 Å². The van der Waals surface area contributed by atoms with Crippen molar-refractivity contribution >= 4 is 19.7 Å². The monoisotopic (exact) mass is 251 g/mol. The number of hydrogen-bond acceptors (Lipinski definition) is 7. The molecule has 0 aliphatic rings. The van der Waals surface area contributed by atoms with Gasteiger partial charge in [0.05, 0.1) is 12.0 Å². The summed E-state index contributed by atoms with van der Waals surface area (Å²) in [4.78, 5) is 40.3. The van der Waals surface area contributed by atoms with Gasteiger partial charge in [-0.25, -0.2) is 0 Å². The second kappa shape index (κ2) is 14.8. The van der Waals surface area contributed by atoms with E-state index in [-0.39, 0.29) is 75.4 Å². The first-order valence-corrected chi connectivity index (χ1v) is 4.97. The van der Waals surface area contributed by atoms with Crippen LogP contribution in [0, 0.1) is 0 Å². The van der Waals surface area contributed by atoms with Crippen LogP contribution in [0.3, 0.4) is 0 Å². The maximum absolute atomic E-state index is 10.2. The molecule has 0 amide bonds. The molecule has 1 atom stereocenters. The quantitative estimate of drug-likeness (QED) is 0.360. The van der Waals surface area contributed by atoms with Gasteiger partial charge in [-0.2, -0.15) is 0 Å². The number of aliphatic carboxylic acids is 2. The SMILES string of the molecule is O=C([O-])CC[C@H](NP(=O)([O-])[O-])C(=O)[O-].[Li+].[Li+].[Li+].[Li+]. The Kier molecular flexibility index (Phi) is 26.1. The Labute approximate surface area is 152 Å². The molecule has 0 aliphatic carbocycles. The van der Waals surface area contributed by atoms with Crippen molar-refractivity contribution in [2.45, 2.75) is 18.9 Å². The zero-order valence-electron chi connectivity index (χ0n) is 10.8. The Balaban J connectivity index is -0.000000141. The van der Waals surface area contributed by atoms with Crippen molar-refractivity contribution < 1.29 is 110 Å². The fraction of sp³-hybridized carbons (Fsp3) is 0.600. The van der Waals surface area contributed by atoms with Gasteiger partial charge in [-0.15, -0.1) is 0 Å². The minimum absolute atomic E-state index is 0. The van der Waals surface area contributed by atoms with E-state index in [1.54, 1.807) is 0 Å². The molecule has 0 fully saturated rings.